The average Bonchev–Trinajstić information content (AvgIpc) is 2.45. The second-order valence-electron chi connectivity index (χ2n) is 4.05. The summed E-state index contributed by atoms with van der Waals surface area (Å²) in [6.45, 7) is 0. The summed E-state index contributed by atoms with van der Waals surface area (Å²) < 4.78 is 38.5. The molecule has 0 saturated heterocycles. The third-order valence-corrected chi connectivity index (χ3v) is 2.58. The normalized spacial score (nSPS) is 12.4. The van der Waals surface area contributed by atoms with Gasteiger partial charge in [-0.25, -0.2) is 0 Å². The van der Waals surface area contributed by atoms with Gasteiger partial charge in [0.1, 0.15) is 6.04 Å². The van der Waals surface area contributed by atoms with Crippen LogP contribution in [0.3, 0.4) is 0 Å². The van der Waals surface area contributed by atoms with Gasteiger partial charge >= 0.3 is 6.18 Å². The van der Waals surface area contributed by atoms with Gasteiger partial charge < -0.3 is 5.73 Å². The smallest absolute Gasteiger partial charge is 0.313 e. The average molecular weight is 276 g/mol. The molecule has 1 aromatic carbocycles. The van der Waals surface area contributed by atoms with Gasteiger partial charge in [0.25, 0.3) is 0 Å². The lowest BCUT2D eigenvalue weighted by molar-refractivity contribution is -0.138. The van der Waals surface area contributed by atoms with Crippen molar-refractivity contribution in [1.82, 2.24) is 4.98 Å². The van der Waals surface area contributed by atoms with E-state index < -0.39 is 17.8 Å². The van der Waals surface area contributed by atoms with Crippen molar-refractivity contribution in [2.24, 2.45) is 5.73 Å². The number of nitrogens with two attached hydrogens (primary N) is 1. The zero-order valence-electron chi connectivity index (χ0n) is 10.4. The van der Waals surface area contributed by atoms with E-state index in [0.29, 0.717) is 5.56 Å². The largest absolute Gasteiger partial charge is 0.418 e. The van der Waals surface area contributed by atoms with E-state index in [1.807, 2.05) is 6.07 Å². The molecule has 0 bridgehead atoms. The zero-order valence-corrected chi connectivity index (χ0v) is 10.4. The van der Waals surface area contributed by atoms with Crippen molar-refractivity contribution in [2.75, 3.05) is 0 Å². The maximum atomic E-state index is 12.8. The van der Waals surface area contributed by atoms with Gasteiger partial charge in [0.05, 0.1) is 11.3 Å². The van der Waals surface area contributed by atoms with E-state index >= 15 is 0 Å². The first-order valence-corrected chi connectivity index (χ1v) is 5.83. The summed E-state index contributed by atoms with van der Waals surface area (Å²) in [7, 11) is 0. The molecule has 20 heavy (non-hydrogen) atoms. The van der Waals surface area contributed by atoms with Crippen LogP contribution < -0.4 is 5.73 Å². The molecule has 0 aliphatic rings. The lowest BCUT2D eigenvalue weighted by Gasteiger charge is -2.13. The molecule has 0 spiro atoms. The van der Waals surface area contributed by atoms with E-state index in [1.165, 1.54) is 12.3 Å². The quantitative estimate of drug-likeness (QED) is 0.813. The number of hydrogen-bond acceptors (Lipinski definition) is 2. The second kappa shape index (κ2) is 5.76. The van der Waals surface area contributed by atoms with Crippen LogP contribution in [0.25, 0.3) is 0 Å². The molecule has 2 nitrogen and oxygen atoms in total. The molecule has 1 heterocycles. The molecule has 1 atom stereocenters. The molecule has 2 N–H and O–H groups in total. The highest BCUT2D eigenvalue weighted by molar-refractivity contribution is 5.38. The van der Waals surface area contributed by atoms with E-state index in [2.05, 4.69) is 16.8 Å². The first kappa shape index (κ1) is 14.1. The molecule has 0 radical (unpaired) electrons. The predicted octanol–water partition coefficient (Wildman–Crippen LogP) is 3.15. The van der Waals surface area contributed by atoms with Gasteiger partial charge in [0.15, 0.2) is 0 Å². The van der Waals surface area contributed by atoms with Crippen molar-refractivity contribution in [3.8, 4) is 11.8 Å². The van der Waals surface area contributed by atoms with Gasteiger partial charge in [0, 0.05) is 11.8 Å². The van der Waals surface area contributed by atoms with Gasteiger partial charge in [-0.15, -0.1) is 0 Å². The van der Waals surface area contributed by atoms with Crippen molar-refractivity contribution in [3.05, 3.63) is 65.5 Å². The molecule has 1 aromatic heterocycles. The standard InChI is InChI=1S/C15H11F3N2/c16-15(17,18)12-7-4-10-20-14(12)13(19)9-8-11-5-2-1-3-6-11/h1-7,10,13H,19H2. The topological polar surface area (TPSA) is 38.9 Å². The molecule has 0 amide bonds. The van der Waals surface area contributed by atoms with E-state index in [9.17, 15) is 13.2 Å². The van der Waals surface area contributed by atoms with Gasteiger partial charge in [-0.3, -0.25) is 4.98 Å². The Morgan fingerprint density at radius 2 is 1.75 bits per heavy atom. The predicted molar refractivity (Wildman–Crippen MR) is 69.5 cm³/mol. The van der Waals surface area contributed by atoms with Crippen LogP contribution in [0.4, 0.5) is 13.2 Å². The first-order chi connectivity index (χ1) is 9.48. The molecule has 2 rings (SSSR count). The summed E-state index contributed by atoms with van der Waals surface area (Å²) >= 11 is 0. The Kier molecular flexibility index (Phi) is 4.06. The van der Waals surface area contributed by atoms with Crippen molar-refractivity contribution >= 4 is 0 Å². The summed E-state index contributed by atoms with van der Waals surface area (Å²) in [6, 6.07) is 10.00. The Hall–Kier alpha value is -2.32. The van der Waals surface area contributed by atoms with Crippen LogP contribution in [0.2, 0.25) is 0 Å². The highest BCUT2D eigenvalue weighted by atomic mass is 19.4. The van der Waals surface area contributed by atoms with Crippen molar-refractivity contribution < 1.29 is 13.2 Å². The molecular weight excluding hydrogens is 265 g/mol. The number of benzene rings is 1. The van der Waals surface area contributed by atoms with Crippen LogP contribution in [0.1, 0.15) is 22.9 Å². The van der Waals surface area contributed by atoms with Gasteiger partial charge in [-0.05, 0) is 24.3 Å². The molecular formula is C15H11F3N2. The second-order valence-corrected chi connectivity index (χ2v) is 4.05. The molecule has 0 saturated carbocycles. The molecule has 102 valence electrons. The van der Waals surface area contributed by atoms with Crippen LogP contribution in [0.5, 0.6) is 0 Å². The van der Waals surface area contributed by atoms with Crippen molar-refractivity contribution in [1.29, 1.82) is 0 Å². The van der Waals surface area contributed by atoms with Crippen LogP contribution >= 0.6 is 0 Å². The summed E-state index contributed by atoms with van der Waals surface area (Å²) in [6.07, 6.45) is -3.22. The Labute approximate surface area is 114 Å². The van der Waals surface area contributed by atoms with Crippen molar-refractivity contribution in [2.45, 2.75) is 12.2 Å². The SMILES string of the molecule is NC(C#Cc1ccccc1)c1ncccc1C(F)(F)F. The maximum Gasteiger partial charge on any atom is 0.418 e. The maximum absolute atomic E-state index is 12.8. The van der Waals surface area contributed by atoms with Gasteiger partial charge in [-0.1, -0.05) is 30.0 Å². The highest BCUT2D eigenvalue weighted by Crippen LogP contribution is 2.32. The summed E-state index contributed by atoms with van der Waals surface area (Å²) in [5, 5.41) is 0. The third kappa shape index (κ3) is 3.37. The Balaban J connectivity index is 2.31. The third-order valence-electron chi connectivity index (χ3n) is 2.58. The van der Waals surface area contributed by atoms with E-state index in [4.69, 9.17) is 5.73 Å². The minimum Gasteiger partial charge on any atom is -0.313 e. The van der Waals surface area contributed by atoms with Crippen LogP contribution in [-0.4, -0.2) is 4.98 Å². The highest BCUT2D eigenvalue weighted by Gasteiger charge is 2.35. The number of nitrogens with zero attached hydrogens (tertiary/aromatic N) is 1. The lowest BCUT2D eigenvalue weighted by Crippen LogP contribution is -2.17. The fourth-order valence-corrected chi connectivity index (χ4v) is 1.66. The molecule has 0 aliphatic carbocycles. The molecule has 5 heteroatoms. The molecule has 0 fully saturated rings. The minimum absolute atomic E-state index is 0.261. The Bertz CT molecular complexity index is 639. The number of aromatic nitrogens is 1. The summed E-state index contributed by atoms with van der Waals surface area (Å²) in [5.41, 5.74) is 5.28. The number of pyridine rings is 1. The first-order valence-electron chi connectivity index (χ1n) is 5.83. The van der Waals surface area contributed by atoms with Crippen LogP contribution in [-0.2, 0) is 6.18 Å². The van der Waals surface area contributed by atoms with E-state index in [0.717, 1.165) is 6.07 Å². The lowest BCUT2D eigenvalue weighted by atomic mass is 10.1. The summed E-state index contributed by atoms with van der Waals surface area (Å²) in [4.78, 5) is 3.71. The Morgan fingerprint density at radius 1 is 1.05 bits per heavy atom. The van der Waals surface area contributed by atoms with Crippen LogP contribution in [0.15, 0.2) is 48.7 Å². The fourth-order valence-electron chi connectivity index (χ4n) is 1.66. The zero-order chi connectivity index (χ0) is 14.6. The number of hydrogen-bond donors (Lipinski definition) is 1. The minimum atomic E-state index is -4.49. The Morgan fingerprint density at radius 3 is 2.40 bits per heavy atom. The van der Waals surface area contributed by atoms with Gasteiger partial charge in [0.2, 0.25) is 0 Å². The number of halogens is 3. The van der Waals surface area contributed by atoms with E-state index in [1.54, 1.807) is 24.3 Å². The monoisotopic (exact) mass is 276 g/mol. The fraction of sp³-hybridized carbons (Fsp3) is 0.133. The number of rotatable bonds is 1. The van der Waals surface area contributed by atoms with Gasteiger partial charge in [-0.2, -0.15) is 13.2 Å². The number of alkyl halides is 3. The van der Waals surface area contributed by atoms with Crippen LogP contribution in [0, 0.1) is 11.8 Å². The molecule has 2 aromatic rings. The summed E-state index contributed by atoms with van der Waals surface area (Å²) in [5.74, 6) is 5.33. The molecule has 0 aliphatic heterocycles. The molecule has 1 unspecified atom stereocenters. The van der Waals surface area contributed by atoms with E-state index in [-0.39, 0.29) is 5.69 Å². The van der Waals surface area contributed by atoms with Crippen molar-refractivity contribution in [3.63, 3.8) is 0 Å².